The largest absolute Gasteiger partial charge is 0.511 e. The number of benzene rings is 1. The van der Waals surface area contributed by atoms with Crippen molar-refractivity contribution in [3.63, 3.8) is 0 Å². The van der Waals surface area contributed by atoms with E-state index in [0.29, 0.717) is 0 Å². The first-order chi connectivity index (χ1) is 14.7. The Bertz CT molecular complexity index is 944. The van der Waals surface area contributed by atoms with Gasteiger partial charge in [-0.05, 0) is 24.3 Å². The lowest BCUT2D eigenvalue weighted by Gasteiger charge is -2.24. The van der Waals surface area contributed by atoms with Crippen molar-refractivity contribution < 1.29 is 44.3 Å². The Morgan fingerprint density at radius 2 is 1.74 bits per heavy atom. The normalized spacial score (nSPS) is 12.6. The molecule has 0 radical (unpaired) electrons. The highest BCUT2D eigenvalue weighted by Gasteiger charge is 2.30. The van der Waals surface area contributed by atoms with Gasteiger partial charge in [0.15, 0.2) is 6.61 Å². The van der Waals surface area contributed by atoms with Crippen LogP contribution in [0.5, 0.6) is 0 Å². The number of amides is 1. The van der Waals surface area contributed by atoms with Crippen LogP contribution in [-0.4, -0.2) is 57.4 Å². The maximum Gasteiger partial charge on any atom is 0.341 e. The summed E-state index contributed by atoms with van der Waals surface area (Å²) in [5.41, 5.74) is -0.630. The molecule has 0 bridgehead atoms. The van der Waals surface area contributed by atoms with Crippen molar-refractivity contribution in [3.8, 4) is 0 Å². The molecule has 2 rings (SSSR count). The van der Waals surface area contributed by atoms with Crippen molar-refractivity contribution in [2.75, 3.05) is 18.1 Å². The minimum Gasteiger partial charge on any atom is -0.511 e. The number of nitrogens with zero attached hydrogens (tertiary/aromatic N) is 1. The third-order valence-corrected chi connectivity index (χ3v) is 3.74. The third kappa shape index (κ3) is 7.03. The molecule has 0 saturated heterocycles. The molecule has 1 aromatic rings. The van der Waals surface area contributed by atoms with Crippen molar-refractivity contribution in [1.82, 2.24) is 0 Å². The average Bonchev–Trinajstić information content (AvgIpc) is 2.92. The minimum atomic E-state index is -1.39. The number of allylic oxidation sites excluding steroid dienone is 3. The molecule has 4 N–H and O–H groups in total. The molecule has 0 unspecified atom stereocenters. The number of carbonyl (C=O) groups excluding carboxylic acids is 1. The molecule has 166 valence electrons. The fourth-order valence-corrected chi connectivity index (χ4v) is 2.51. The highest BCUT2D eigenvalue weighted by atomic mass is 16.5. The summed E-state index contributed by atoms with van der Waals surface area (Å²) in [5, 5.41) is 37.5. The van der Waals surface area contributed by atoms with Gasteiger partial charge >= 0.3 is 17.9 Å². The van der Waals surface area contributed by atoms with Gasteiger partial charge in [-0.2, -0.15) is 0 Å². The molecule has 0 fully saturated rings. The number of rotatable bonds is 8. The quantitative estimate of drug-likeness (QED) is 0.483. The number of carbonyl (C=O) groups is 4. The standard InChI is InChI=1S/C19H17NO9.C2H6/c21-13-6-1-2-7-14(29-10-16(24)25)17(13)18(26)20(9-15(22)23)12-5-3-4-11(8-12)19(27)28;1-2/h1-5,7-8,21H,6,9-10H2,(H,22,23)(H,24,25)(H,27,28);1-2H3. The van der Waals surface area contributed by atoms with E-state index in [9.17, 15) is 29.4 Å². The lowest BCUT2D eigenvalue weighted by Crippen LogP contribution is -2.38. The zero-order chi connectivity index (χ0) is 23.6. The van der Waals surface area contributed by atoms with Crippen LogP contribution in [0.1, 0.15) is 30.6 Å². The topological polar surface area (TPSA) is 162 Å². The van der Waals surface area contributed by atoms with Crippen molar-refractivity contribution in [3.05, 3.63) is 65.1 Å². The summed E-state index contributed by atoms with van der Waals surface area (Å²) in [5.74, 6) is -5.68. The molecule has 0 saturated carbocycles. The van der Waals surface area contributed by atoms with E-state index in [-0.39, 0.29) is 23.4 Å². The van der Waals surface area contributed by atoms with Crippen molar-refractivity contribution >= 4 is 29.5 Å². The predicted molar refractivity (Wildman–Crippen MR) is 110 cm³/mol. The van der Waals surface area contributed by atoms with Crippen molar-refractivity contribution in [2.24, 2.45) is 0 Å². The molecule has 1 aromatic carbocycles. The summed E-state index contributed by atoms with van der Waals surface area (Å²) in [6.45, 7) is 2.37. The summed E-state index contributed by atoms with van der Waals surface area (Å²) >= 11 is 0. The van der Waals surface area contributed by atoms with Gasteiger partial charge < -0.3 is 25.2 Å². The number of aliphatic hydroxyl groups excluding tert-OH is 1. The van der Waals surface area contributed by atoms with Gasteiger partial charge in [0.05, 0.1) is 5.56 Å². The smallest absolute Gasteiger partial charge is 0.341 e. The molecule has 1 aliphatic rings. The van der Waals surface area contributed by atoms with E-state index in [2.05, 4.69) is 0 Å². The number of hydrogen-bond acceptors (Lipinski definition) is 6. The van der Waals surface area contributed by atoms with Crippen LogP contribution in [-0.2, 0) is 19.1 Å². The maximum absolute atomic E-state index is 13.1. The van der Waals surface area contributed by atoms with E-state index in [1.165, 1.54) is 36.4 Å². The first-order valence-electron chi connectivity index (χ1n) is 9.21. The summed E-state index contributed by atoms with van der Waals surface area (Å²) in [7, 11) is 0. The SMILES string of the molecule is CC.O=C(O)COC1=CC=CCC(O)=C1C(=O)N(CC(=O)O)c1cccc(C(=O)O)c1. The summed E-state index contributed by atoms with van der Waals surface area (Å²) in [4.78, 5) is 47.2. The van der Waals surface area contributed by atoms with E-state index in [4.69, 9.17) is 14.9 Å². The monoisotopic (exact) mass is 433 g/mol. The van der Waals surface area contributed by atoms with Crippen LogP contribution in [0.4, 0.5) is 5.69 Å². The van der Waals surface area contributed by atoms with Crippen molar-refractivity contribution in [1.29, 1.82) is 0 Å². The summed E-state index contributed by atoms with van der Waals surface area (Å²) < 4.78 is 5.08. The third-order valence-electron chi connectivity index (χ3n) is 3.74. The number of ether oxygens (including phenoxy) is 1. The van der Waals surface area contributed by atoms with Gasteiger partial charge in [0.2, 0.25) is 0 Å². The predicted octanol–water partition coefficient (Wildman–Crippen LogP) is 2.59. The molecule has 10 nitrogen and oxygen atoms in total. The highest BCUT2D eigenvalue weighted by molar-refractivity contribution is 6.10. The number of carboxylic acid groups (broad SMARTS) is 3. The molecule has 1 aliphatic carbocycles. The molecule has 31 heavy (non-hydrogen) atoms. The Labute approximate surface area is 178 Å². The van der Waals surface area contributed by atoms with Gasteiger partial charge in [-0.15, -0.1) is 0 Å². The van der Waals surface area contributed by atoms with Crippen LogP contribution >= 0.6 is 0 Å². The molecule has 0 atom stereocenters. The van der Waals surface area contributed by atoms with Crippen LogP contribution < -0.4 is 4.90 Å². The van der Waals surface area contributed by atoms with E-state index in [1.807, 2.05) is 13.8 Å². The van der Waals surface area contributed by atoms with Crippen LogP contribution in [0.2, 0.25) is 0 Å². The minimum absolute atomic E-state index is 0.0348. The Balaban J connectivity index is 0.00000233. The number of carboxylic acids is 3. The van der Waals surface area contributed by atoms with E-state index >= 15 is 0 Å². The molecular formula is C21H23NO9. The lowest BCUT2D eigenvalue weighted by molar-refractivity contribution is -0.141. The van der Waals surface area contributed by atoms with E-state index in [1.54, 1.807) is 0 Å². The van der Waals surface area contributed by atoms with E-state index in [0.717, 1.165) is 11.0 Å². The maximum atomic E-state index is 13.1. The van der Waals surface area contributed by atoms with Crippen LogP contribution in [0.3, 0.4) is 0 Å². The number of anilines is 1. The van der Waals surface area contributed by atoms with Gasteiger partial charge in [0.25, 0.3) is 5.91 Å². The number of aliphatic carboxylic acids is 2. The highest BCUT2D eigenvalue weighted by Crippen LogP contribution is 2.26. The van der Waals surface area contributed by atoms with Crippen molar-refractivity contribution in [2.45, 2.75) is 20.3 Å². The fourth-order valence-electron chi connectivity index (χ4n) is 2.51. The molecule has 0 heterocycles. The summed E-state index contributed by atoms with van der Waals surface area (Å²) in [6, 6.07) is 5.04. The van der Waals surface area contributed by atoms with Gasteiger partial charge in [0, 0.05) is 12.1 Å². The van der Waals surface area contributed by atoms with Crippen LogP contribution in [0.15, 0.2) is 59.6 Å². The number of hydrogen-bond donors (Lipinski definition) is 4. The lowest BCUT2D eigenvalue weighted by atomic mass is 10.1. The molecule has 1 amide bonds. The zero-order valence-corrected chi connectivity index (χ0v) is 16.9. The Hall–Kier alpha value is -4.08. The molecule has 0 aliphatic heterocycles. The zero-order valence-electron chi connectivity index (χ0n) is 16.9. The fraction of sp³-hybridized carbons (Fsp3) is 0.238. The van der Waals surface area contributed by atoms with Gasteiger partial charge in [-0.25, -0.2) is 9.59 Å². The number of aliphatic hydroxyl groups is 1. The Morgan fingerprint density at radius 3 is 2.32 bits per heavy atom. The summed E-state index contributed by atoms with van der Waals surface area (Å²) in [6.07, 6.45) is 4.13. The second-order valence-electron chi connectivity index (χ2n) is 5.81. The molecule has 10 heteroatoms. The Morgan fingerprint density at radius 1 is 1.06 bits per heavy atom. The molecule has 0 spiro atoms. The average molecular weight is 433 g/mol. The molecular weight excluding hydrogens is 410 g/mol. The first kappa shape index (κ1) is 25.0. The molecule has 0 aromatic heterocycles. The first-order valence-corrected chi connectivity index (χ1v) is 9.21. The van der Waals surface area contributed by atoms with Gasteiger partial charge in [0.1, 0.15) is 23.6 Å². The van der Waals surface area contributed by atoms with Crippen LogP contribution in [0, 0.1) is 0 Å². The van der Waals surface area contributed by atoms with Gasteiger partial charge in [-0.3, -0.25) is 14.5 Å². The number of aromatic carboxylic acids is 1. The van der Waals surface area contributed by atoms with Gasteiger partial charge in [-0.1, -0.05) is 32.1 Å². The Kier molecular flexibility index (Phi) is 9.51. The van der Waals surface area contributed by atoms with Crippen LogP contribution in [0.25, 0.3) is 0 Å². The van der Waals surface area contributed by atoms with E-state index < -0.39 is 48.3 Å². The second-order valence-corrected chi connectivity index (χ2v) is 5.81. The second kappa shape index (κ2) is 11.8.